The Morgan fingerprint density at radius 2 is 1.70 bits per heavy atom. The van der Waals surface area contributed by atoms with E-state index in [1.165, 1.54) is 0 Å². The number of fused-ring (bicyclic) bond motifs is 1. The highest BCUT2D eigenvalue weighted by molar-refractivity contribution is 5.85. The van der Waals surface area contributed by atoms with Gasteiger partial charge in [0.15, 0.2) is 0 Å². The van der Waals surface area contributed by atoms with Gasteiger partial charge in [-0.1, -0.05) is 42.5 Å². The molecule has 0 fully saturated rings. The molecule has 0 saturated heterocycles. The highest BCUT2D eigenvalue weighted by Crippen LogP contribution is 2.27. The van der Waals surface area contributed by atoms with Gasteiger partial charge in [0, 0.05) is 5.39 Å². The summed E-state index contributed by atoms with van der Waals surface area (Å²) >= 11 is 0. The average Bonchev–Trinajstić information content (AvgIpc) is 2.49. The number of rotatable bonds is 3. The van der Waals surface area contributed by atoms with Gasteiger partial charge in [0.1, 0.15) is 0 Å². The van der Waals surface area contributed by atoms with E-state index in [1.54, 1.807) is 0 Å². The zero-order valence-corrected chi connectivity index (χ0v) is 11.2. The van der Waals surface area contributed by atoms with Gasteiger partial charge in [-0.15, -0.1) is 0 Å². The van der Waals surface area contributed by atoms with Gasteiger partial charge in [-0.3, -0.25) is 4.79 Å². The number of aromatic amines is 1. The fourth-order valence-corrected chi connectivity index (χ4v) is 2.33. The number of pyridine rings is 1. The van der Waals surface area contributed by atoms with E-state index in [9.17, 15) is 4.79 Å². The monoisotopic (exact) mass is 265 g/mol. The Balaban J connectivity index is 2.36. The van der Waals surface area contributed by atoms with Gasteiger partial charge < -0.3 is 9.72 Å². The molecular formula is C17H15NO2. The van der Waals surface area contributed by atoms with Gasteiger partial charge in [0.2, 0.25) is 11.3 Å². The Kier molecular flexibility index (Phi) is 3.25. The Morgan fingerprint density at radius 3 is 2.45 bits per heavy atom. The summed E-state index contributed by atoms with van der Waals surface area (Å²) in [6.45, 7) is 2.41. The van der Waals surface area contributed by atoms with Crippen molar-refractivity contribution in [2.24, 2.45) is 0 Å². The SMILES string of the molecule is CCOc1[nH]c2ccccc2c(=O)c1-c1ccccc1. The summed E-state index contributed by atoms with van der Waals surface area (Å²) in [5, 5.41) is 0.676. The van der Waals surface area contributed by atoms with Crippen LogP contribution in [0.3, 0.4) is 0 Å². The molecule has 0 spiro atoms. The molecule has 3 nitrogen and oxygen atoms in total. The van der Waals surface area contributed by atoms with E-state index in [-0.39, 0.29) is 5.43 Å². The van der Waals surface area contributed by atoms with E-state index in [1.807, 2.05) is 61.5 Å². The first-order valence-electron chi connectivity index (χ1n) is 6.64. The van der Waals surface area contributed by atoms with E-state index in [0.717, 1.165) is 11.1 Å². The number of nitrogens with one attached hydrogen (secondary N) is 1. The van der Waals surface area contributed by atoms with Crippen LogP contribution in [0.2, 0.25) is 0 Å². The van der Waals surface area contributed by atoms with Crippen molar-refractivity contribution in [2.45, 2.75) is 6.92 Å². The number of benzene rings is 2. The van der Waals surface area contributed by atoms with Gasteiger partial charge in [0.05, 0.1) is 17.7 Å². The summed E-state index contributed by atoms with van der Waals surface area (Å²) in [5.74, 6) is 0.530. The quantitative estimate of drug-likeness (QED) is 0.786. The van der Waals surface area contributed by atoms with Crippen molar-refractivity contribution in [3.63, 3.8) is 0 Å². The van der Waals surface area contributed by atoms with Crippen molar-refractivity contribution >= 4 is 10.9 Å². The van der Waals surface area contributed by atoms with E-state index >= 15 is 0 Å². The molecule has 100 valence electrons. The minimum Gasteiger partial charge on any atom is -0.479 e. The number of ether oxygens (including phenoxy) is 1. The van der Waals surface area contributed by atoms with Crippen molar-refractivity contribution in [1.82, 2.24) is 4.98 Å². The third-order valence-electron chi connectivity index (χ3n) is 3.23. The molecule has 0 aliphatic rings. The van der Waals surface area contributed by atoms with Crippen LogP contribution in [0, 0.1) is 0 Å². The van der Waals surface area contributed by atoms with Gasteiger partial charge in [-0.2, -0.15) is 0 Å². The fraction of sp³-hybridized carbons (Fsp3) is 0.118. The molecule has 20 heavy (non-hydrogen) atoms. The van der Waals surface area contributed by atoms with Crippen LogP contribution in [0.15, 0.2) is 59.4 Å². The Labute approximate surface area is 116 Å². The van der Waals surface area contributed by atoms with Crippen LogP contribution >= 0.6 is 0 Å². The first-order chi connectivity index (χ1) is 9.81. The normalized spacial score (nSPS) is 10.7. The molecule has 1 aromatic heterocycles. The molecule has 2 aromatic carbocycles. The number of H-pyrrole nitrogens is 1. The van der Waals surface area contributed by atoms with E-state index in [4.69, 9.17) is 4.74 Å². The molecule has 0 bridgehead atoms. The topological polar surface area (TPSA) is 42.1 Å². The average molecular weight is 265 g/mol. The van der Waals surface area contributed by atoms with Crippen LogP contribution < -0.4 is 10.2 Å². The predicted octanol–water partition coefficient (Wildman–Crippen LogP) is 3.59. The highest BCUT2D eigenvalue weighted by atomic mass is 16.5. The van der Waals surface area contributed by atoms with Gasteiger partial charge in [0.25, 0.3) is 0 Å². The fourth-order valence-electron chi connectivity index (χ4n) is 2.33. The molecule has 0 unspecified atom stereocenters. The van der Waals surface area contributed by atoms with Crippen molar-refractivity contribution < 1.29 is 4.74 Å². The number of hydrogen-bond donors (Lipinski definition) is 1. The molecule has 0 atom stereocenters. The maximum absolute atomic E-state index is 12.7. The van der Waals surface area contributed by atoms with Crippen molar-refractivity contribution in [1.29, 1.82) is 0 Å². The zero-order valence-electron chi connectivity index (χ0n) is 11.2. The lowest BCUT2D eigenvalue weighted by Crippen LogP contribution is -2.10. The summed E-state index contributed by atoms with van der Waals surface area (Å²) in [6, 6.07) is 17.1. The van der Waals surface area contributed by atoms with E-state index < -0.39 is 0 Å². The van der Waals surface area contributed by atoms with Gasteiger partial charge >= 0.3 is 0 Å². The molecule has 3 heteroatoms. The second-order valence-electron chi connectivity index (χ2n) is 4.50. The summed E-state index contributed by atoms with van der Waals surface area (Å²) in [6.07, 6.45) is 0. The summed E-state index contributed by atoms with van der Waals surface area (Å²) < 4.78 is 5.62. The Bertz CT molecular complexity index is 791. The lowest BCUT2D eigenvalue weighted by Gasteiger charge is -2.11. The number of hydrogen-bond acceptors (Lipinski definition) is 2. The smallest absolute Gasteiger partial charge is 0.203 e. The molecule has 0 aliphatic heterocycles. The molecule has 0 saturated carbocycles. The van der Waals surface area contributed by atoms with Crippen LogP contribution in [0.4, 0.5) is 0 Å². The second-order valence-corrected chi connectivity index (χ2v) is 4.50. The van der Waals surface area contributed by atoms with Gasteiger partial charge in [-0.25, -0.2) is 0 Å². The molecule has 1 N–H and O–H groups in total. The van der Waals surface area contributed by atoms with Crippen molar-refractivity contribution in [3.8, 4) is 17.0 Å². The summed E-state index contributed by atoms with van der Waals surface area (Å²) in [5.41, 5.74) is 2.24. The molecule has 3 rings (SSSR count). The lowest BCUT2D eigenvalue weighted by molar-refractivity contribution is 0.329. The Hall–Kier alpha value is -2.55. The van der Waals surface area contributed by atoms with E-state index in [2.05, 4.69) is 4.98 Å². The Morgan fingerprint density at radius 1 is 1.00 bits per heavy atom. The van der Waals surface area contributed by atoms with Crippen LogP contribution in [-0.2, 0) is 0 Å². The zero-order chi connectivity index (χ0) is 13.9. The first-order valence-corrected chi connectivity index (χ1v) is 6.64. The predicted molar refractivity (Wildman–Crippen MR) is 81.2 cm³/mol. The van der Waals surface area contributed by atoms with Crippen LogP contribution in [0.1, 0.15) is 6.92 Å². The molecular weight excluding hydrogens is 250 g/mol. The maximum Gasteiger partial charge on any atom is 0.203 e. The number of aromatic nitrogens is 1. The van der Waals surface area contributed by atoms with E-state index in [0.29, 0.717) is 23.4 Å². The molecule has 1 heterocycles. The van der Waals surface area contributed by atoms with Crippen LogP contribution in [-0.4, -0.2) is 11.6 Å². The second kappa shape index (κ2) is 5.21. The number of para-hydroxylation sites is 1. The van der Waals surface area contributed by atoms with Crippen LogP contribution in [0.25, 0.3) is 22.0 Å². The van der Waals surface area contributed by atoms with Gasteiger partial charge in [-0.05, 0) is 24.6 Å². The summed E-state index contributed by atoms with van der Waals surface area (Å²) in [7, 11) is 0. The first kappa shape index (κ1) is 12.5. The van der Waals surface area contributed by atoms with Crippen LogP contribution in [0.5, 0.6) is 5.88 Å². The highest BCUT2D eigenvalue weighted by Gasteiger charge is 2.14. The molecule has 0 amide bonds. The lowest BCUT2D eigenvalue weighted by atomic mass is 10.0. The third-order valence-corrected chi connectivity index (χ3v) is 3.23. The third kappa shape index (κ3) is 2.07. The molecule has 0 radical (unpaired) electrons. The molecule has 3 aromatic rings. The standard InChI is InChI=1S/C17H15NO2/c1-2-20-17-15(12-8-4-3-5-9-12)16(19)13-10-6-7-11-14(13)18-17/h3-11H,2H2,1H3,(H,18,19). The largest absolute Gasteiger partial charge is 0.479 e. The minimum atomic E-state index is -0.00556. The minimum absolute atomic E-state index is 0.00556. The van der Waals surface area contributed by atoms with Crippen molar-refractivity contribution in [2.75, 3.05) is 6.61 Å². The maximum atomic E-state index is 12.7. The van der Waals surface area contributed by atoms with Crippen molar-refractivity contribution in [3.05, 3.63) is 64.8 Å². The summed E-state index contributed by atoms with van der Waals surface area (Å²) in [4.78, 5) is 15.9. The molecule has 0 aliphatic carbocycles.